The first-order chi connectivity index (χ1) is 7.63. The van der Waals surface area contributed by atoms with Crippen molar-refractivity contribution in [2.45, 2.75) is 32.2 Å². The van der Waals surface area contributed by atoms with Gasteiger partial charge in [-0.3, -0.25) is 0 Å². The van der Waals surface area contributed by atoms with E-state index < -0.39 is 12.0 Å². The van der Waals surface area contributed by atoms with E-state index in [2.05, 4.69) is 5.32 Å². The third-order valence-electron chi connectivity index (χ3n) is 2.31. The van der Waals surface area contributed by atoms with Crippen LogP contribution in [0.15, 0.2) is 24.3 Å². The topological polar surface area (TPSA) is 49.3 Å². The molecule has 3 nitrogen and oxygen atoms in total. The highest BCUT2D eigenvalue weighted by Gasteiger charge is 2.16. The molecule has 1 rings (SSSR count). The first-order valence-electron chi connectivity index (χ1n) is 5.38. The molecule has 0 saturated carbocycles. The Labute approximate surface area is 100 Å². The van der Waals surface area contributed by atoms with Gasteiger partial charge in [-0.15, -0.1) is 0 Å². The van der Waals surface area contributed by atoms with Crippen LogP contribution in [0.5, 0.6) is 0 Å². The number of nitrogens with one attached hydrogen (secondary N) is 1. The molecule has 0 aliphatic carbocycles. The number of carboxylic acids is 1. The lowest BCUT2D eigenvalue weighted by Gasteiger charge is -2.15. The SMILES string of the molecule is CCCCC(Nc1cccc(Cl)c1)C(=O)O. The van der Waals surface area contributed by atoms with E-state index in [0.717, 1.165) is 18.5 Å². The second-order valence-electron chi connectivity index (χ2n) is 3.69. The number of hydrogen-bond donors (Lipinski definition) is 2. The molecule has 1 aromatic rings. The Morgan fingerprint density at radius 1 is 1.56 bits per heavy atom. The van der Waals surface area contributed by atoms with Gasteiger partial charge in [-0.25, -0.2) is 4.79 Å². The molecule has 0 radical (unpaired) electrons. The van der Waals surface area contributed by atoms with E-state index >= 15 is 0 Å². The van der Waals surface area contributed by atoms with Gasteiger partial charge in [-0.1, -0.05) is 37.4 Å². The zero-order valence-electron chi connectivity index (χ0n) is 9.24. The lowest BCUT2D eigenvalue weighted by molar-refractivity contribution is -0.138. The summed E-state index contributed by atoms with van der Waals surface area (Å²) in [7, 11) is 0. The van der Waals surface area contributed by atoms with Crippen LogP contribution < -0.4 is 5.32 Å². The predicted molar refractivity (Wildman–Crippen MR) is 66.0 cm³/mol. The van der Waals surface area contributed by atoms with Crippen LogP contribution in [0, 0.1) is 0 Å². The van der Waals surface area contributed by atoms with Crippen molar-refractivity contribution in [3.05, 3.63) is 29.3 Å². The lowest BCUT2D eigenvalue weighted by Crippen LogP contribution is -2.29. The minimum Gasteiger partial charge on any atom is -0.480 e. The van der Waals surface area contributed by atoms with Crippen LogP contribution in [0.3, 0.4) is 0 Å². The van der Waals surface area contributed by atoms with Crippen LogP contribution in [0.25, 0.3) is 0 Å². The molecule has 4 heteroatoms. The summed E-state index contributed by atoms with van der Waals surface area (Å²) < 4.78 is 0. The number of carboxylic acid groups (broad SMARTS) is 1. The molecule has 0 spiro atoms. The van der Waals surface area contributed by atoms with Crippen LogP contribution >= 0.6 is 11.6 Å². The summed E-state index contributed by atoms with van der Waals surface area (Å²) in [6.45, 7) is 2.04. The number of anilines is 1. The number of benzene rings is 1. The van der Waals surface area contributed by atoms with Crippen LogP contribution in [0.1, 0.15) is 26.2 Å². The van der Waals surface area contributed by atoms with Gasteiger partial charge in [0, 0.05) is 10.7 Å². The Bertz CT molecular complexity index is 355. The second kappa shape index (κ2) is 6.38. The summed E-state index contributed by atoms with van der Waals surface area (Å²) >= 11 is 5.82. The van der Waals surface area contributed by atoms with Gasteiger partial charge in [0.05, 0.1) is 0 Å². The number of halogens is 1. The fraction of sp³-hybridized carbons (Fsp3) is 0.417. The Morgan fingerprint density at radius 3 is 2.88 bits per heavy atom. The summed E-state index contributed by atoms with van der Waals surface area (Å²) in [6, 6.07) is 6.55. The highest BCUT2D eigenvalue weighted by Crippen LogP contribution is 2.17. The standard InChI is InChI=1S/C12H16ClNO2/c1-2-3-7-11(12(15)16)14-10-6-4-5-9(13)8-10/h4-6,8,11,14H,2-3,7H2,1H3,(H,15,16). The van der Waals surface area contributed by atoms with E-state index in [1.54, 1.807) is 18.2 Å². The van der Waals surface area contributed by atoms with Gasteiger partial charge in [0.1, 0.15) is 6.04 Å². The van der Waals surface area contributed by atoms with Crippen molar-refractivity contribution in [3.8, 4) is 0 Å². The molecule has 1 atom stereocenters. The summed E-state index contributed by atoms with van der Waals surface area (Å²) in [6.07, 6.45) is 2.50. The summed E-state index contributed by atoms with van der Waals surface area (Å²) in [5.74, 6) is -0.826. The first kappa shape index (κ1) is 12.8. The van der Waals surface area contributed by atoms with E-state index in [9.17, 15) is 4.79 Å². The molecule has 0 fully saturated rings. The lowest BCUT2D eigenvalue weighted by atomic mass is 10.1. The molecule has 0 aliphatic heterocycles. The largest absolute Gasteiger partial charge is 0.480 e. The monoisotopic (exact) mass is 241 g/mol. The van der Waals surface area contributed by atoms with Crippen LogP contribution in [0.4, 0.5) is 5.69 Å². The van der Waals surface area contributed by atoms with Crippen LogP contribution in [-0.4, -0.2) is 17.1 Å². The predicted octanol–water partition coefficient (Wildman–Crippen LogP) is 3.40. The molecule has 16 heavy (non-hydrogen) atoms. The number of carbonyl (C=O) groups is 1. The first-order valence-corrected chi connectivity index (χ1v) is 5.76. The minimum atomic E-state index is -0.826. The van der Waals surface area contributed by atoms with Crippen molar-refractivity contribution in [3.63, 3.8) is 0 Å². The van der Waals surface area contributed by atoms with Crippen LogP contribution in [0.2, 0.25) is 5.02 Å². The molecule has 0 aromatic heterocycles. The molecule has 0 aliphatic rings. The van der Waals surface area contributed by atoms with E-state index in [-0.39, 0.29) is 0 Å². The van der Waals surface area contributed by atoms with Crippen molar-refractivity contribution < 1.29 is 9.90 Å². The maximum Gasteiger partial charge on any atom is 0.326 e. The summed E-state index contributed by atoms with van der Waals surface area (Å²) in [5, 5.41) is 12.6. The maximum absolute atomic E-state index is 11.0. The normalized spacial score (nSPS) is 12.1. The van der Waals surface area contributed by atoms with Gasteiger partial charge >= 0.3 is 5.97 Å². The van der Waals surface area contributed by atoms with E-state index in [0.29, 0.717) is 11.4 Å². The summed E-state index contributed by atoms with van der Waals surface area (Å²) in [5.41, 5.74) is 0.746. The van der Waals surface area contributed by atoms with Gasteiger partial charge in [-0.2, -0.15) is 0 Å². The fourth-order valence-electron chi connectivity index (χ4n) is 1.45. The third kappa shape index (κ3) is 4.11. The Balaban J connectivity index is 2.64. The molecule has 0 bridgehead atoms. The van der Waals surface area contributed by atoms with Crippen molar-refractivity contribution >= 4 is 23.3 Å². The molecular weight excluding hydrogens is 226 g/mol. The zero-order valence-corrected chi connectivity index (χ0v) is 10.00. The van der Waals surface area contributed by atoms with Gasteiger partial charge in [-0.05, 0) is 24.6 Å². The maximum atomic E-state index is 11.0. The van der Waals surface area contributed by atoms with E-state index in [4.69, 9.17) is 16.7 Å². The molecular formula is C12H16ClNO2. The average Bonchev–Trinajstić information content (AvgIpc) is 2.24. The number of aliphatic carboxylic acids is 1. The van der Waals surface area contributed by atoms with Gasteiger partial charge in [0.2, 0.25) is 0 Å². The van der Waals surface area contributed by atoms with Crippen molar-refractivity contribution in [2.24, 2.45) is 0 Å². The van der Waals surface area contributed by atoms with Gasteiger partial charge in [0.25, 0.3) is 0 Å². The minimum absolute atomic E-state index is 0.543. The quantitative estimate of drug-likeness (QED) is 0.803. The zero-order chi connectivity index (χ0) is 12.0. The van der Waals surface area contributed by atoms with Crippen LogP contribution in [-0.2, 0) is 4.79 Å². The van der Waals surface area contributed by atoms with Gasteiger partial charge < -0.3 is 10.4 Å². The van der Waals surface area contributed by atoms with E-state index in [1.165, 1.54) is 0 Å². The summed E-state index contributed by atoms with van der Waals surface area (Å²) in [4.78, 5) is 11.0. The van der Waals surface area contributed by atoms with Crippen molar-refractivity contribution in [1.29, 1.82) is 0 Å². The highest BCUT2D eigenvalue weighted by molar-refractivity contribution is 6.30. The smallest absolute Gasteiger partial charge is 0.326 e. The average molecular weight is 242 g/mol. The molecule has 0 saturated heterocycles. The molecule has 0 heterocycles. The number of rotatable bonds is 6. The van der Waals surface area contributed by atoms with Gasteiger partial charge in [0.15, 0.2) is 0 Å². The molecule has 1 unspecified atom stereocenters. The molecule has 1 aromatic carbocycles. The Hall–Kier alpha value is -1.22. The van der Waals surface area contributed by atoms with Crippen molar-refractivity contribution in [1.82, 2.24) is 0 Å². The highest BCUT2D eigenvalue weighted by atomic mass is 35.5. The second-order valence-corrected chi connectivity index (χ2v) is 4.12. The van der Waals surface area contributed by atoms with E-state index in [1.807, 2.05) is 13.0 Å². The Morgan fingerprint density at radius 2 is 2.31 bits per heavy atom. The Kier molecular flexibility index (Phi) is 5.12. The third-order valence-corrected chi connectivity index (χ3v) is 2.55. The fourth-order valence-corrected chi connectivity index (χ4v) is 1.64. The number of unbranched alkanes of at least 4 members (excludes halogenated alkanes) is 1. The number of hydrogen-bond acceptors (Lipinski definition) is 2. The molecule has 2 N–H and O–H groups in total. The van der Waals surface area contributed by atoms with Crippen molar-refractivity contribution in [2.75, 3.05) is 5.32 Å². The molecule has 88 valence electrons. The molecule has 0 amide bonds.